The van der Waals surface area contributed by atoms with Crippen molar-refractivity contribution in [2.45, 2.75) is 45.4 Å². The Morgan fingerprint density at radius 2 is 1.70 bits per heavy atom. The van der Waals surface area contributed by atoms with Gasteiger partial charge in [-0.25, -0.2) is 4.79 Å². The van der Waals surface area contributed by atoms with Crippen LogP contribution in [0.15, 0.2) is 36.4 Å². The van der Waals surface area contributed by atoms with E-state index in [1.807, 2.05) is 36.4 Å². The van der Waals surface area contributed by atoms with Crippen LogP contribution in [0.5, 0.6) is 0 Å². The molecule has 2 aromatic rings. The first-order chi connectivity index (χ1) is 11.2. The van der Waals surface area contributed by atoms with Crippen molar-refractivity contribution in [3.05, 3.63) is 36.4 Å². The van der Waals surface area contributed by atoms with Crippen molar-refractivity contribution in [1.29, 1.82) is 0 Å². The maximum atomic E-state index is 11.9. The van der Waals surface area contributed by atoms with Crippen molar-refractivity contribution in [3.8, 4) is 0 Å². The Balaban J connectivity index is 1.81. The first kappa shape index (κ1) is 17.1. The van der Waals surface area contributed by atoms with Gasteiger partial charge in [-0.1, -0.05) is 63.3 Å². The van der Waals surface area contributed by atoms with Crippen molar-refractivity contribution >= 4 is 28.2 Å². The lowest BCUT2D eigenvalue weighted by Gasteiger charge is -2.10. The van der Waals surface area contributed by atoms with Gasteiger partial charge in [0.15, 0.2) is 0 Å². The molecule has 2 rings (SSSR count). The van der Waals surface area contributed by atoms with E-state index in [9.17, 15) is 4.79 Å². The van der Waals surface area contributed by atoms with E-state index < -0.39 is 6.09 Å². The van der Waals surface area contributed by atoms with Gasteiger partial charge in [0.25, 0.3) is 0 Å². The zero-order valence-electron chi connectivity index (χ0n) is 13.8. The lowest BCUT2D eigenvalue weighted by molar-refractivity contribution is 0.159. The second-order valence-corrected chi connectivity index (χ2v) is 5.78. The molecule has 0 aliphatic heterocycles. The first-order valence-corrected chi connectivity index (χ1v) is 8.43. The Morgan fingerprint density at radius 1 is 1.00 bits per heavy atom. The largest absolute Gasteiger partial charge is 0.449 e. The molecule has 4 heteroatoms. The van der Waals surface area contributed by atoms with Gasteiger partial charge in [-0.3, -0.25) is 5.32 Å². The molecule has 0 saturated heterocycles. The van der Waals surface area contributed by atoms with E-state index >= 15 is 0 Å². The second-order valence-electron chi connectivity index (χ2n) is 5.78. The van der Waals surface area contributed by atoms with Crippen LogP contribution in [0.2, 0.25) is 0 Å². The van der Waals surface area contributed by atoms with Gasteiger partial charge >= 0.3 is 6.09 Å². The standard InChI is InChI=1S/C19H26N2O2/c1-2-3-4-5-6-7-14-23-19(22)21-18-13-9-10-15-16(18)11-8-12-17(15)20/h8-13H,2-7,14,20H2,1H3,(H,21,22). The molecular weight excluding hydrogens is 288 g/mol. The molecule has 124 valence electrons. The molecule has 0 aromatic heterocycles. The third-order valence-corrected chi connectivity index (χ3v) is 3.92. The number of anilines is 2. The first-order valence-electron chi connectivity index (χ1n) is 8.43. The summed E-state index contributed by atoms with van der Waals surface area (Å²) >= 11 is 0. The van der Waals surface area contributed by atoms with E-state index in [4.69, 9.17) is 10.5 Å². The number of amides is 1. The highest BCUT2D eigenvalue weighted by Crippen LogP contribution is 2.27. The molecule has 3 N–H and O–H groups in total. The summed E-state index contributed by atoms with van der Waals surface area (Å²) in [6, 6.07) is 11.3. The van der Waals surface area contributed by atoms with Gasteiger partial charge in [0, 0.05) is 16.5 Å². The van der Waals surface area contributed by atoms with Gasteiger partial charge in [-0.15, -0.1) is 0 Å². The molecule has 4 nitrogen and oxygen atoms in total. The molecule has 1 amide bonds. The molecule has 0 spiro atoms. The van der Waals surface area contributed by atoms with Crippen LogP contribution >= 0.6 is 0 Å². The van der Waals surface area contributed by atoms with Gasteiger partial charge in [-0.05, 0) is 18.6 Å². The summed E-state index contributed by atoms with van der Waals surface area (Å²) < 4.78 is 5.25. The number of nitrogens with one attached hydrogen (secondary N) is 1. The number of ether oxygens (including phenoxy) is 1. The summed E-state index contributed by atoms with van der Waals surface area (Å²) in [5, 5.41) is 4.66. The molecule has 0 aliphatic carbocycles. The number of carbonyl (C=O) groups excluding carboxylic acids is 1. The molecule has 0 fully saturated rings. The molecule has 2 aromatic carbocycles. The molecule has 0 heterocycles. The molecular formula is C19H26N2O2. The summed E-state index contributed by atoms with van der Waals surface area (Å²) in [7, 11) is 0. The maximum Gasteiger partial charge on any atom is 0.411 e. The Hall–Kier alpha value is -2.23. The minimum atomic E-state index is -0.409. The minimum absolute atomic E-state index is 0.409. The van der Waals surface area contributed by atoms with E-state index in [0.29, 0.717) is 12.3 Å². The number of nitrogen functional groups attached to an aromatic ring is 1. The third-order valence-electron chi connectivity index (χ3n) is 3.92. The number of benzene rings is 2. The summed E-state index contributed by atoms with van der Waals surface area (Å²) in [6.45, 7) is 2.67. The molecule has 23 heavy (non-hydrogen) atoms. The van der Waals surface area contributed by atoms with E-state index in [0.717, 1.165) is 29.3 Å². The predicted octanol–water partition coefficient (Wildman–Crippen LogP) is 5.33. The van der Waals surface area contributed by atoms with Crippen molar-refractivity contribution in [2.75, 3.05) is 17.7 Å². The average molecular weight is 314 g/mol. The molecule has 0 atom stereocenters. The average Bonchev–Trinajstić information content (AvgIpc) is 2.55. The van der Waals surface area contributed by atoms with Crippen LogP contribution in [-0.2, 0) is 4.74 Å². The lowest BCUT2D eigenvalue weighted by Crippen LogP contribution is -2.14. The fourth-order valence-electron chi connectivity index (χ4n) is 2.64. The normalized spacial score (nSPS) is 10.7. The zero-order chi connectivity index (χ0) is 16.5. The number of hydrogen-bond acceptors (Lipinski definition) is 3. The molecule has 0 aliphatic rings. The number of unbranched alkanes of at least 4 members (excludes halogenated alkanes) is 5. The number of fused-ring (bicyclic) bond motifs is 1. The van der Waals surface area contributed by atoms with Crippen molar-refractivity contribution in [2.24, 2.45) is 0 Å². The quantitative estimate of drug-likeness (QED) is 0.511. The minimum Gasteiger partial charge on any atom is -0.449 e. The monoisotopic (exact) mass is 314 g/mol. The van der Waals surface area contributed by atoms with Crippen LogP contribution in [0, 0.1) is 0 Å². The lowest BCUT2D eigenvalue weighted by atomic mass is 10.1. The van der Waals surface area contributed by atoms with Gasteiger partial charge < -0.3 is 10.5 Å². The van der Waals surface area contributed by atoms with Crippen LogP contribution < -0.4 is 11.1 Å². The van der Waals surface area contributed by atoms with Crippen LogP contribution in [0.4, 0.5) is 16.2 Å². The van der Waals surface area contributed by atoms with Crippen molar-refractivity contribution < 1.29 is 9.53 Å². The third kappa shape index (κ3) is 5.16. The Kier molecular flexibility index (Phi) is 6.73. The van der Waals surface area contributed by atoms with E-state index in [2.05, 4.69) is 12.2 Å². The fourth-order valence-corrected chi connectivity index (χ4v) is 2.64. The highest BCUT2D eigenvalue weighted by Gasteiger charge is 2.07. The Labute approximate surface area is 138 Å². The van der Waals surface area contributed by atoms with E-state index in [1.54, 1.807) is 0 Å². The van der Waals surface area contributed by atoms with Crippen LogP contribution in [0.3, 0.4) is 0 Å². The smallest absolute Gasteiger partial charge is 0.411 e. The Bertz CT molecular complexity index is 640. The summed E-state index contributed by atoms with van der Waals surface area (Å²) in [6.07, 6.45) is 6.62. The highest BCUT2D eigenvalue weighted by molar-refractivity contribution is 6.04. The van der Waals surface area contributed by atoms with E-state index in [-0.39, 0.29) is 0 Å². The molecule has 0 bridgehead atoms. The summed E-state index contributed by atoms with van der Waals surface area (Å²) in [5.41, 5.74) is 7.39. The maximum absolute atomic E-state index is 11.9. The van der Waals surface area contributed by atoms with Gasteiger partial charge in [0.05, 0.1) is 12.3 Å². The zero-order valence-corrected chi connectivity index (χ0v) is 13.8. The Morgan fingerprint density at radius 3 is 2.52 bits per heavy atom. The summed E-state index contributed by atoms with van der Waals surface area (Å²) in [5.74, 6) is 0. The van der Waals surface area contributed by atoms with Gasteiger partial charge in [0.2, 0.25) is 0 Å². The highest BCUT2D eigenvalue weighted by atomic mass is 16.5. The van der Waals surface area contributed by atoms with Crippen molar-refractivity contribution in [1.82, 2.24) is 0 Å². The van der Waals surface area contributed by atoms with Crippen LogP contribution in [0.1, 0.15) is 45.4 Å². The molecule has 0 radical (unpaired) electrons. The number of nitrogens with two attached hydrogens (primary N) is 1. The van der Waals surface area contributed by atoms with Gasteiger partial charge in [0.1, 0.15) is 0 Å². The molecule has 0 saturated carbocycles. The second kappa shape index (κ2) is 9.03. The fraction of sp³-hybridized carbons (Fsp3) is 0.421. The number of hydrogen-bond donors (Lipinski definition) is 2. The predicted molar refractivity (Wildman–Crippen MR) is 96.7 cm³/mol. The number of carbonyl (C=O) groups is 1. The van der Waals surface area contributed by atoms with E-state index in [1.165, 1.54) is 25.7 Å². The summed E-state index contributed by atoms with van der Waals surface area (Å²) in [4.78, 5) is 11.9. The van der Waals surface area contributed by atoms with Crippen LogP contribution in [-0.4, -0.2) is 12.7 Å². The van der Waals surface area contributed by atoms with Crippen molar-refractivity contribution in [3.63, 3.8) is 0 Å². The van der Waals surface area contributed by atoms with Gasteiger partial charge in [-0.2, -0.15) is 0 Å². The molecule has 0 unspecified atom stereocenters. The topological polar surface area (TPSA) is 64.3 Å². The van der Waals surface area contributed by atoms with Crippen LogP contribution in [0.25, 0.3) is 10.8 Å². The number of rotatable bonds is 8. The SMILES string of the molecule is CCCCCCCCOC(=O)Nc1cccc2c(N)cccc12.